The highest BCUT2D eigenvalue weighted by Crippen LogP contribution is 2.47. The maximum Gasteiger partial charge on any atom is 0.101 e. The van der Waals surface area contributed by atoms with Gasteiger partial charge in [0.1, 0.15) is 6.07 Å². The van der Waals surface area contributed by atoms with Crippen LogP contribution in [0.25, 0.3) is 44.2 Å². The molecule has 1 N–H and O–H groups in total. The molecule has 2 aliphatic rings. The minimum atomic E-state index is 0.196. The van der Waals surface area contributed by atoms with E-state index in [9.17, 15) is 5.26 Å². The number of nitrogens with zero attached hydrogens (tertiary/aromatic N) is 2. The first-order chi connectivity index (χ1) is 21.3. The third-order valence-corrected chi connectivity index (χ3v) is 8.90. The largest absolute Gasteiger partial charge is 0.308 e. The molecule has 43 heavy (non-hydrogen) atoms. The van der Waals surface area contributed by atoms with E-state index in [0.29, 0.717) is 5.56 Å². The van der Waals surface area contributed by atoms with Gasteiger partial charge >= 0.3 is 0 Å². The highest BCUT2D eigenvalue weighted by Gasteiger charge is 2.31. The van der Waals surface area contributed by atoms with Crippen molar-refractivity contribution in [2.45, 2.75) is 5.92 Å². The van der Waals surface area contributed by atoms with E-state index < -0.39 is 0 Å². The third kappa shape index (κ3) is 3.77. The molecule has 0 amide bonds. The van der Waals surface area contributed by atoms with Gasteiger partial charge in [-0.1, -0.05) is 121 Å². The minimum Gasteiger partial charge on any atom is -0.308 e. The second kappa shape index (κ2) is 9.98. The van der Waals surface area contributed by atoms with Crippen molar-refractivity contribution in [2.24, 2.45) is 5.92 Å². The van der Waals surface area contributed by atoms with Crippen molar-refractivity contribution < 1.29 is 0 Å². The van der Waals surface area contributed by atoms with Crippen LogP contribution in [-0.4, -0.2) is 10.8 Å². The molecule has 3 heteroatoms. The van der Waals surface area contributed by atoms with Crippen LogP contribution in [0.3, 0.4) is 0 Å². The zero-order chi connectivity index (χ0) is 28.9. The Hall–Kier alpha value is -5.72. The Morgan fingerprint density at radius 3 is 2.09 bits per heavy atom. The van der Waals surface area contributed by atoms with Crippen LogP contribution in [0.15, 0.2) is 140 Å². The minimum absolute atomic E-state index is 0.196. The Balaban J connectivity index is 1.52. The average molecular weight is 550 g/mol. The Morgan fingerprint density at radius 1 is 0.721 bits per heavy atom. The van der Waals surface area contributed by atoms with Crippen LogP contribution < -0.4 is 0 Å². The molecule has 3 nitrogen and oxygen atoms in total. The molecule has 0 radical (unpaired) electrons. The lowest BCUT2D eigenvalue weighted by Crippen LogP contribution is -2.17. The monoisotopic (exact) mass is 549 g/mol. The molecule has 0 saturated carbocycles. The SMILES string of the molecule is N#Cc1c(C2=CC3C=CC=CC3c3ccccc32)cc(C=N)c(-n2c3ccccc3c3ccccc32)c1-c1ccccc1. The number of fused-ring (bicyclic) bond motifs is 6. The van der Waals surface area contributed by atoms with Gasteiger partial charge in [0.15, 0.2) is 0 Å². The first-order valence-electron chi connectivity index (χ1n) is 14.6. The molecule has 202 valence electrons. The second-order valence-corrected chi connectivity index (χ2v) is 11.1. The summed E-state index contributed by atoms with van der Waals surface area (Å²) in [5.74, 6) is 0.463. The van der Waals surface area contributed by atoms with Gasteiger partial charge in [-0.2, -0.15) is 5.26 Å². The fourth-order valence-electron chi connectivity index (χ4n) is 7.07. The van der Waals surface area contributed by atoms with Crippen molar-refractivity contribution in [2.75, 3.05) is 0 Å². The number of hydrogen-bond acceptors (Lipinski definition) is 2. The summed E-state index contributed by atoms with van der Waals surface area (Å²) in [6, 6.07) is 40.2. The van der Waals surface area contributed by atoms with Crippen LogP contribution in [0.1, 0.15) is 33.7 Å². The van der Waals surface area contributed by atoms with Gasteiger partial charge in [-0.3, -0.25) is 0 Å². The molecular weight excluding hydrogens is 522 g/mol. The summed E-state index contributed by atoms with van der Waals surface area (Å²) in [6.45, 7) is 0. The maximum atomic E-state index is 11.0. The summed E-state index contributed by atoms with van der Waals surface area (Å²) in [4.78, 5) is 0. The van der Waals surface area contributed by atoms with Crippen molar-refractivity contribution in [3.05, 3.63) is 167 Å². The van der Waals surface area contributed by atoms with Crippen LogP contribution in [0.5, 0.6) is 0 Å². The molecular formula is C40H27N3. The number of nitrogens with one attached hydrogen (secondary N) is 1. The number of aromatic nitrogens is 1. The quantitative estimate of drug-likeness (QED) is 0.219. The van der Waals surface area contributed by atoms with E-state index in [1.54, 1.807) is 0 Å². The van der Waals surface area contributed by atoms with Crippen molar-refractivity contribution in [1.29, 1.82) is 10.7 Å². The summed E-state index contributed by atoms with van der Waals surface area (Å²) in [7, 11) is 0. The number of allylic oxidation sites excluding steroid dienone is 5. The van der Waals surface area contributed by atoms with Crippen LogP contribution in [-0.2, 0) is 0 Å². The summed E-state index contributed by atoms with van der Waals surface area (Å²) >= 11 is 0. The van der Waals surface area contributed by atoms with E-state index in [2.05, 4.69) is 132 Å². The summed E-state index contributed by atoms with van der Waals surface area (Å²) in [6.07, 6.45) is 12.5. The van der Waals surface area contributed by atoms with E-state index in [0.717, 1.165) is 60.9 Å². The Labute approximate surface area is 250 Å². The third-order valence-electron chi connectivity index (χ3n) is 8.90. The summed E-state index contributed by atoms with van der Waals surface area (Å²) in [5.41, 5.74) is 10.4. The van der Waals surface area contributed by atoms with Gasteiger partial charge in [-0.15, -0.1) is 0 Å². The van der Waals surface area contributed by atoms with Gasteiger partial charge in [-0.05, 0) is 40.5 Å². The molecule has 0 spiro atoms. The zero-order valence-corrected chi connectivity index (χ0v) is 23.4. The number of rotatable bonds is 4. The summed E-state index contributed by atoms with van der Waals surface area (Å²) < 4.78 is 2.24. The fourth-order valence-corrected chi connectivity index (χ4v) is 7.07. The Morgan fingerprint density at radius 2 is 1.37 bits per heavy atom. The molecule has 1 aromatic heterocycles. The van der Waals surface area contributed by atoms with Crippen molar-refractivity contribution in [3.63, 3.8) is 0 Å². The van der Waals surface area contributed by atoms with Crippen LogP contribution >= 0.6 is 0 Å². The normalized spacial score (nSPS) is 16.9. The maximum absolute atomic E-state index is 11.0. The average Bonchev–Trinajstić information content (AvgIpc) is 3.41. The number of para-hydroxylation sites is 2. The first-order valence-corrected chi connectivity index (χ1v) is 14.6. The first kappa shape index (κ1) is 25.0. The topological polar surface area (TPSA) is 52.6 Å². The van der Waals surface area contributed by atoms with E-state index in [1.807, 2.05) is 18.2 Å². The van der Waals surface area contributed by atoms with Crippen molar-refractivity contribution in [3.8, 4) is 22.9 Å². The molecule has 2 atom stereocenters. The molecule has 2 unspecified atom stereocenters. The van der Waals surface area contributed by atoms with Crippen LogP contribution in [0.2, 0.25) is 0 Å². The van der Waals surface area contributed by atoms with E-state index >= 15 is 0 Å². The molecule has 2 aliphatic carbocycles. The van der Waals surface area contributed by atoms with Crippen LogP contribution in [0.4, 0.5) is 0 Å². The molecule has 6 aromatic rings. The smallest absolute Gasteiger partial charge is 0.101 e. The predicted octanol–water partition coefficient (Wildman–Crippen LogP) is 9.59. The number of nitriles is 1. The Bertz CT molecular complexity index is 2170. The lowest BCUT2D eigenvalue weighted by atomic mass is 9.72. The lowest BCUT2D eigenvalue weighted by Gasteiger charge is -2.32. The highest BCUT2D eigenvalue weighted by atomic mass is 15.0. The van der Waals surface area contributed by atoms with Crippen LogP contribution in [0, 0.1) is 22.7 Å². The van der Waals surface area contributed by atoms with Crippen molar-refractivity contribution >= 4 is 33.6 Å². The van der Waals surface area contributed by atoms with E-state index in [4.69, 9.17) is 5.41 Å². The number of benzene rings is 5. The van der Waals surface area contributed by atoms with Gasteiger partial charge < -0.3 is 9.98 Å². The van der Waals surface area contributed by atoms with Crippen molar-refractivity contribution in [1.82, 2.24) is 4.57 Å². The highest BCUT2D eigenvalue weighted by molar-refractivity contribution is 6.11. The van der Waals surface area contributed by atoms with Gasteiger partial charge in [0.25, 0.3) is 0 Å². The molecule has 0 saturated heterocycles. The molecule has 1 heterocycles. The fraction of sp³-hybridized carbons (Fsp3) is 0.0500. The van der Waals surface area contributed by atoms with E-state index in [-0.39, 0.29) is 11.8 Å². The summed E-state index contributed by atoms with van der Waals surface area (Å²) in [5, 5.41) is 22.0. The molecule has 8 rings (SSSR count). The van der Waals surface area contributed by atoms with Gasteiger partial charge in [0, 0.05) is 45.5 Å². The molecule has 5 aromatic carbocycles. The zero-order valence-electron chi connectivity index (χ0n) is 23.4. The molecule has 0 fully saturated rings. The molecule has 0 bridgehead atoms. The van der Waals surface area contributed by atoms with E-state index in [1.165, 1.54) is 11.8 Å². The standard InChI is InChI=1S/C40H27N3/c41-24-28-23-35(34-22-27-14-4-5-15-29(27)30-16-6-7-17-31(30)34)36(25-42)39(26-12-2-1-3-13-26)40(28)43-37-20-10-8-18-32(37)33-19-9-11-21-38(33)43/h1-24,27,29,41H. The predicted molar refractivity (Wildman–Crippen MR) is 177 cm³/mol. The Kier molecular flexibility index (Phi) is 5.81. The van der Waals surface area contributed by atoms with Gasteiger partial charge in [-0.25, -0.2) is 0 Å². The van der Waals surface area contributed by atoms with Gasteiger partial charge in [0.05, 0.1) is 22.3 Å². The lowest BCUT2D eigenvalue weighted by molar-refractivity contribution is 0.689. The number of hydrogen-bond donors (Lipinski definition) is 1. The van der Waals surface area contributed by atoms with Gasteiger partial charge in [0.2, 0.25) is 0 Å². The molecule has 0 aliphatic heterocycles. The second-order valence-electron chi connectivity index (χ2n) is 11.1.